The van der Waals surface area contributed by atoms with Gasteiger partial charge in [-0.1, -0.05) is 19.3 Å². The van der Waals surface area contributed by atoms with Crippen LogP contribution in [0.3, 0.4) is 0 Å². The summed E-state index contributed by atoms with van der Waals surface area (Å²) in [6.07, 6.45) is 8.61. The Labute approximate surface area is 164 Å². The van der Waals surface area contributed by atoms with Crippen molar-refractivity contribution in [3.05, 3.63) is 0 Å². The first kappa shape index (κ1) is 20.4. The minimum Gasteiger partial charge on any atom is -0.339 e. The van der Waals surface area contributed by atoms with E-state index in [2.05, 4.69) is 9.80 Å². The van der Waals surface area contributed by atoms with Crippen molar-refractivity contribution in [3.63, 3.8) is 0 Å². The van der Waals surface area contributed by atoms with Crippen molar-refractivity contribution in [2.75, 3.05) is 58.2 Å². The highest BCUT2D eigenvalue weighted by Gasteiger charge is 2.31. The van der Waals surface area contributed by atoms with Crippen LogP contribution in [0, 0.1) is 11.8 Å². The summed E-state index contributed by atoms with van der Waals surface area (Å²) in [6, 6.07) is -0.270. The molecule has 2 N–H and O–H groups in total. The van der Waals surface area contributed by atoms with E-state index < -0.39 is 0 Å². The number of piperidine rings is 1. The van der Waals surface area contributed by atoms with Crippen molar-refractivity contribution in [3.8, 4) is 0 Å². The standard InChI is InChI=1S/C20H37ClN4O/c21-8-11-23-9-6-17(7-10-23)16-24-12-14-25(15-13-24)20(26)19(22)18-4-2-1-3-5-18/h17-19H,1-16,22H2/t19-/m1/s1. The smallest absolute Gasteiger partial charge is 0.239 e. The topological polar surface area (TPSA) is 52.8 Å². The minimum atomic E-state index is -0.270. The molecule has 3 fully saturated rings. The van der Waals surface area contributed by atoms with Gasteiger partial charge in [0.05, 0.1) is 6.04 Å². The van der Waals surface area contributed by atoms with Gasteiger partial charge in [-0.05, 0) is 50.6 Å². The van der Waals surface area contributed by atoms with Crippen LogP contribution in [0.4, 0.5) is 0 Å². The van der Waals surface area contributed by atoms with E-state index in [9.17, 15) is 4.79 Å². The molecule has 1 aliphatic carbocycles. The quantitative estimate of drug-likeness (QED) is 0.711. The Morgan fingerprint density at radius 1 is 0.923 bits per heavy atom. The molecule has 0 aromatic carbocycles. The van der Waals surface area contributed by atoms with Gasteiger partial charge in [0.2, 0.25) is 5.91 Å². The minimum absolute atomic E-state index is 0.200. The van der Waals surface area contributed by atoms with Crippen molar-refractivity contribution >= 4 is 17.5 Å². The molecule has 1 amide bonds. The maximum atomic E-state index is 12.8. The molecule has 6 heteroatoms. The molecule has 26 heavy (non-hydrogen) atoms. The molecule has 5 nitrogen and oxygen atoms in total. The molecule has 150 valence electrons. The summed E-state index contributed by atoms with van der Waals surface area (Å²) in [7, 11) is 0. The average molecular weight is 385 g/mol. The van der Waals surface area contributed by atoms with Gasteiger partial charge in [-0.3, -0.25) is 9.69 Å². The summed E-state index contributed by atoms with van der Waals surface area (Å²) < 4.78 is 0. The van der Waals surface area contributed by atoms with E-state index in [1.54, 1.807) is 0 Å². The molecule has 1 atom stereocenters. The molecule has 0 unspecified atom stereocenters. The number of piperazine rings is 1. The van der Waals surface area contributed by atoms with Crippen molar-refractivity contribution in [1.82, 2.24) is 14.7 Å². The third kappa shape index (κ3) is 5.57. The maximum absolute atomic E-state index is 12.8. The van der Waals surface area contributed by atoms with E-state index in [-0.39, 0.29) is 11.9 Å². The number of carbonyl (C=O) groups is 1. The van der Waals surface area contributed by atoms with Gasteiger partial charge in [-0.2, -0.15) is 0 Å². The van der Waals surface area contributed by atoms with E-state index in [1.807, 2.05) is 4.90 Å². The lowest BCUT2D eigenvalue weighted by Gasteiger charge is -2.40. The highest BCUT2D eigenvalue weighted by atomic mass is 35.5. The number of nitrogens with zero attached hydrogens (tertiary/aromatic N) is 3. The predicted octanol–water partition coefficient (Wildman–Crippen LogP) is 1.99. The lowest BCUT2D eigenvalue weighted by molar-refractivity contribution is -0.136. The number of hydrogen-bond acceptors (Lipinski definition) is 4. The molecule has 2 saturated heterocycles. The molecule has 2 heterocycles. The molecule has 0 radical (unpaired) electrons. The van der Waals surface area contributed by atoms with Crippen LogP contribution < -0.4 is 5.73 Å². The van der Waals surface area contributed by atoms with Crippen LogP contribution in [0.25, 0.3) is 0 Å². The second-order valence-electron chi connectivity index (χ2n) is 8.52. The number of rotatable bonds is 6. The Morgan fingerprint density at radius 2 is 1.58 bits per heavy atom. The Kier molecular flexibility index (Phi) is 8.04. The average Bonchev–Trinajstić information content (AvgIpc) is 2.70. The van der Waals surface area contributed by atoms with E-state index >= 15 is 0 Å². The molecular weight excluding hydrogens is 348 g/mol. The van der Waals surface area contributed by atoms with Gasteiger partial charge >= 0.3 is 0 Å². The van der Waals surface area contributed by atoms with E-state index in [4.69, 9.17) is 17.3 Å². The number of amides is 1. The Bertz CT molecular complexity index is 428. The van der Waals surface area contributed by atoms with Crippen molar-refractivity contribution in [2.24, 2.45) is 17.6 Å². The molecular formula is C20H37ClN4O. The first-order chi connectivity index (χ1) is 12.7. The van der Waals surface area contributed by atoms with Crippen LogP contribution in [-0.4, -0.2) is 84.9 Å². The molecule has 1 saturated carbocycles. The molecule has 2 aliphatic heterocycles. The number of halogens is 1. The lowest BCUT2D eigenvalue weighted by atomic mass is 9.83. The van der Waals surface area contributed by atoms with Gasteiger partial charge in [-0.15, -0.1) is 11.6 Å². The summed E-state index contributed by atoms with van der Waals surface area (Å²) >= 11 is 5.85. The van der Waals surface area contributed by atoms with Crippen molar-refractivity contribution in [2.45, 2.75) is 51.0 Å². The van der Waals surface area contributed by atoms with Crippen LogP contribution in [0.2, 0.25) is 0 Å². The van der Waals surface area contributed by atoms with E-state index in [0.29, 0.717) is 5.92 Å². The SMILES string of the molecule is N[C@@H](C(=O)N1CCN(CC2CCN(CCCl)CC2)CC1)C1CCCCC1. The van der Waals surface area contributed by atoms with Crippen LogP contribution in [0.1, 0.15) is 44.9 Å². The molecule has 0 aromatic heterocycles. The van der Waals surface area contributed by atoms with Crippen LogP contribution in [0.5, 0.6) is 0 Å². The molecule has 0 spiro atoms. The van der Waals surface area contributed by atoms with Crippen LogP contribution in [0.15, 0.2) is 0 Å². The van der Waals surface area contributed by atoms with Gasteiger partial charge in [0.1, 0.15) is 0 Å². The second kappa shape index (κ2) is 10.3. The Balaban J connectivity index is 1.36. The Morgan fingerprint density at radius 3 is 2.19 bits per heavy atom. The van der Waals surface area contributed by atoms with Crippen molar-refractivity contribution in [1.29, 1.82) is 0 Å². The zero-order chi connectivity index (χ0) is 18.4. The summed E-state index contributed by atoms with van der Waals surface area (Å²) in [4.78, 5) is 19.8. The Hall–Kier alpha value is -0.360. The number of alkyl halides is 1. The number of likely N-dealkylation sites (tertiary alicyclic amines) is 1. The third-order valence-electron chi connectivity index (χ3n) is 6.75. The normalized spacial score (nSPS) is 26.2. The number of nitrogens with two attached hydrogens (primary N) is 1. The number of carbonyl (C=O) groups excluding carboxylic acids is 1. The monoisotopic (exact) mass is 384 g/mol. The maximum Gasteiger partial charge on any atom is 0.239 e. The predicted molar refractivity (Wildman–Crippen MR) is 107 cm³/mol. The summed E-state index contributed by atoms with van der Waals surface area (Å²) in [5, 5.41) is 0. The lowest BCUT2D eigenvalue weighted by Crippen LogP contribution is -2.55. The summed E-state index contributed by atoms with van der Waals surface area (Å²) in [6.45, 7) is 8.30. The molecule has 3 rings (SSSR count). The summed E-state index contributed by atoms with van der Waals surface area (Å²) in [5.74, 6) is 2.15. The fourth-order valence-electron chi connectivity index (χ4n) is 4.93. The largest absolute Gasteiger partial charge is 0.339 e. The van der Waals surface area contributed by atoms with Crippen LogP contribution >= 0.6 is 11.6 Å². The van der Waals surface area contributed by atoms with E-state index in [1.165, 1.54) is 51.7 Å². The van der Waals surface area contributed by atoms with Gasteiger partial charge < -0.3 is 15.5 Å². The number of hydrogen-bond donors (Lipinski definition) is 1. The highest BCUT2D eigenvalue weighted by molar-refractivity contribution is 6.18. The molecule has 0 bridgehead atoms. The first-order valence-electron chi connectivity index (χ1n) is 10.7. The third-order valence-corrected chi connectivity index (χ3v) is 6.92. The van der Waals surface area contributed by atoms with Gasteiger partial charge in [0, 0.05) is 45.1 Å². The fraction of sp³-hybridized carbons (Fsp3) is 0.950. The molecule has 0 aromatic rings. The van der Waals surface area contributed by atoms with Crippen LogP contribution in [-0.2, 0) is 4.79 Å². The van der Waals surface area contributed by atoms with Crippen molar-refractivity contribution < 1.29 is 4.79 Å². The first-order valence-corrected chi connectivity index (χ1v) is 11.3. The van der Waals surface area contributed by atoms with Gasteiger partial charge in [-0.25, -0.2) is 0 Å². The van der Waals surface area contributed by atoms with Gasteiger partial charge in [0.25, 0.3) is 0 Å². The zero-order valence-corrected chi connectivity index (χ0v) is 17.0. The second-order valence-corrected chi connectivity index (χ2v) is 8.90. The zero-order valence-electron chi connectivity index (χ0n) is 16.3. The summed E-state index contributed by atoms with van der Waals surface area (Å²) in [5.41, 5.74) is 6.33. The highest BCUT2D eigenvalue weighted by Crippen LogP contribution is 2.26. The fourth-order valence-corrected chi connectivity index (χ4v) is 5.17. The van der Waals surface area contributed by atoms with Gasteiger partial charge in [0.15, 0.2) is 0 Å². The molecule has 3 aliphatic rings. The van der Waals surface area contributed by atoms with E-state index in [0.717, 1.165) is 57.4 Å².